The molecule has 0 N–H and O–H groups in total. The molecule has 3 aromatic rings. The molecular formula is C25H29N3O2. The predicted molar refractivity (Wildman–Crippen MR) is 119 cm³/mol. The van der Waals surface area contributed by atoms with Gasteiger partial charge in [-0.15, -0.1) is 0 Å². The van der Waals surface area contributed by atoms with Crippen molar-refractivity contribution in [2.75, 3.05) is 39.4 Å². The predicted octanol–water partition coefficient (Wildman–Crippen LogP) is 3.70. The average Bonchev–Trinajstić information content (AvgIpc) is 3.17. The molecule has 2 aliphatic heterocycles. The normalized spacial score (nSPS) is 20.5. The molecule has 1 amide bonds. The third kappa shape index (κ3) is 3.87. The number of aromatic nitrogens is 1. The van der Waals surface area contributed by atoms with Crippen LogP contribution in [-0.4, -0.2) is 59.7 Å². The summed E-state index contributed by atoms with van der Waals surface area (Å²) in [5, 5.41) is 1.26. The van der Waals surface area contributed by atoms with E-state index in [0.717, 1.165) is 45.6 Å². The second-order valence-electron chi connectivity index (χ2n) is 8.38. The second kappa shape index (κ2) is 8.62. The maximum absolute atomic E-state index is 13.0. The fraction of sp³-hybridized carbons (Fsp3) is 0.400. The minimum Gasteiger partial charge on any atom is -0.378 e. The first kappa shape index (κ1) is 19.3. The molecule has 0 aliphatic carbocycles. The van der Waals surface area contributed by atoms with Crippen LogP contribution >= 0.6 is 0 Å². The number of hydrogen-bond donors (Lipinski definition) is 0. The van der Waals surface area contributed by atoms with Gasteiger partial charge in [0.2, 0.25) is 5.91 Å². The number of nitrogens with zero attached hydrogens (tertiary/aromatic N) is 3. The van der Waals surface area contributed by atoms with Crippen LogP contribution in [-0.2, 0) is 16.1 Å². The second-order valence-corrected chi connectivity index (χ2v) is 8.38. The summed E-state index contributed by atoms with van der Waals surface area (Å²) >= 11 is 0. The fourth-order valence-electron chi connectivity index (χ4n) is 4.88. The van der Waals surface area contributed by atoms with Crippen molar-refractivity contribution in [3.8, 4) is 5.69 Å². The molecule has 1 unspecified atom stereocenters. The lowest BCUT2D eigenvalue weighted by molar-refractivity contribution is -0.141. The van der Waals surface area contributed by atoms with Crippen molar-refractivity contribution in [1.82, 2.24) is 14.4 Å². The zero-order valence-electron chi connectivity index (χ0n) is 17.4. The molecule has 0 radical (unpaired) electrons. The van der Waals surface area contributed by atoms with E-state index in [2.05, 4.69) is 70.1 Å². The van der Waals surface area contributed by atoms with Gasteiger partial charge in [-0.2, -0.15) is 0 Å². The summed E-state index contributed by atoms with van der Waals surface area (Å²) in [6.07, 6.45) is 2.07. The van der Waals surface area contributed by atoms with Crippen molar-refractivity contribution in [3.05, 3.63) is 66.4 Å². The molecule has 2 fully saturated rings. The number of rotatable bonds is 4. The van der Waals surface area contributed by atoms with E-state index in [4.69, 9.17) is 4.74 Å². The third-order valence-corrected chi connectivity index (χ3v) is 6.36. The Morgan fingerprint density at radius 3 is 2.57 bits per heavy atom. The molecule has 2 saturated heterocycles. The molecule has 5 rings (SSSR count). The lowest BCUT2D eigenvalue weighted by atomic mass is 9.96. The van der Waals surface area contributed by atoms with Gasteiger partial charge in [0.1, 0.15) is 0 Å². The van der Waals surface area contributed by atoms with Crippen LogP contribution in [0.5, 0.6) is 0 Å². The quantitative estimate of drug-likeness (QED) is 0.667. The van der Waals surface area contributed by atoms with Crippen molar-refractivity contribution >= 4 is 16.8 Å². The number of carbonyl (C=O) groups excluding carboxylic acids is 1. The van der Waals surface area contributed by atoms with Crippen molar-refractivity contribution in [1.29, 1.82) is 0 Å². The van der Waals surface area contributed by atoms with Crippen LogP contribution in [0, 0.1) is 5.92 Å². The molecule has 2 aliphatic rings. The zero-order valence-corrected chi connectivity index (χ0v) is 17.4. The summed E-state index contributed by atoms with van der Waals surface area (Å²) in [7, 11) is 0. The van der Waals surface area contributed by atoms with Crippen molar-refractivity contribution < 1.29 is 9.53 Å². The molecule has 3 heterocycles. The highest BCUT2D eigenvalue weighted by Crippen LogP contribution is 2.27. The SMILES string of the molecule is O=C(C1CCCN(Cc2cc3ccccc3n2-c2ccccc2)C1)N1CCOCC1. The van der Waals surface area contributed by atoms with Crippen LogP contribution < -0.4 is 0 Å². The summed E-state index contributed by atoms with van der Waals surface area (Å²) in [6.45, 7) is 5.54. The van der Waals surface area contributed by atoms with E-state index in [9.17, 15) is 4.79 Å². The molecule has 0 spiro atoms. The average molecular weight is 404 g/mol. The molecule has 0 saturated carbocycles. The third-order valence-electron chi connectivity index (χ3n) is 6.36. The summed E-state index contributed by atoms with van der Waals surface area (Å²) in [5.74, 6) is 0.415. The topological polar surface area (TPSA) is 37.7 Å². The van der Waals surface area contributed by atoms with E-state index < -0.39 is 0 Å². The van der Waals surface area contributed by atoms with E-state index in [1.54, 1.807) is 0 Å². The van der Waals surface area contributed by atoms with Crippen LogP contribution in [0.1, 0.15) is 18.5 Å². The fourth-order valence-corrected chi connectivity index (χ4v) is 4.88. The van der Waals surface area contributed by atoms with E-state index in [0.29, 0.717) is 19.1 Å². The number of benzene rings is 2. The van der Waals surface area contributed by atoms with Crippen molar-refractivity contribution in [2.24, 2.45) is 5.92 Å². The van der Waals surface area contributed by atoms with E-state index >= 15 is 0 Å². The molecule has 30 heavy (non-hydrogen) atoms. The summed E-state index contributed by atoms with van der Waals surface area (Å²) in [4.78, 5) is 17.5. The minimum atomic E-state index is 0.103. The highest BCUT2D eigenvalue weighted by molar-refractivity contribution is 5.83. The smallest absolute Gasteiger partial charge is 0.227 e. The summed E-state index contributed by atoms with van der Waals surface area (Å²) < 4.78 is 7.78. The number of morpholine rings is 1. The highest BCUT2D eigenvalue weighted by atomic mass is 16.5. The highest BCUT2D eigenvalue weighted by Gasteiger charge is 2.30. The van der Waals surface area contributed by atoms with Gasteiger partial charge in [-0.1, -0.05) is 36.4 Å². The Bertz CT molecular complexity index is 1010. The van der Waals surface area contributed by atoms with Gasteiger partial charge in [-0.05, 0) is 43.7 Å². The van der Waals surface area contributed by atoms with Gasteiger partial charge in [0.15, 0.2) is 0 Å². The number of hydrogen-bond acceptors (Lipinski definition) is 3. The van der Waals surface area contributed by atoms with Gasteiger partial charge >= 0.3 is 0 Å². The molecule has 156 valence electrons. The minimum absolute atomic E-state index is 0.103. The first-order chi connectivity index (χ1) is 14.8. The lowest BCUT2D eigenvalue weighted by Gasteiger charge is -2.36. The standard InChI is InChI=1S/C25H29N3O2/c29-25(27-13-15-30-16-14-27)21-8-6-12-26(18-21)19-23-17-20-7-4-5-11-24(20)28(23)22-9-2-1-3-10-22/h1-5,7,9-11,17,21H,6,8,12-16,18-19H2. The van der Waals surface area contributed by atoms with E-state index in [1.165, 1.54) is 22.3 Å². The van der Waals surface area contributed by atoms with Gasteiger partial charge in [-0.3, -0.25) is 9.69 Å². The molecule has 0 bridgehead atoms. The number of ether oxygens (including phenoxy) is 1. The van der Waals surface area contributed by atoms with Crippen LogP contribution in [0.4, 0.5) is 0 Å². The number of para-hydroxylation sites is 2. The van der Waals surface area contributed by atoms with E-state index in [1.807, 2.05) is 4.90 Å². The monoisotopic (exact) mass is 403 g/mol. The van der Waals surface area contributed by atoms with Gasteiger partial charge < -0.3 is 14.2 Å². The maximum Gasteiger partial charge on any atom is 0.227 e. The Kier molecular flexibility index (Phi) is 5.56. The molecule has 5 nitrogen and oxygen atoms in total. The zero-order chi connectivity index (χ0) is 20.3. The Morgan fingerprint density at radius 1 is 0.967 bits per heavy atom. The molecule has 5 heteroatoms. The molecule has 2 aromatic carbocycles. The Morgan fingerprint density at radius 2 is 1.73 bits per heavy atom. The Balaban J connectivity index is 1.38. The maximum atomic E-state index is 13.0. The lowest BCUT2D eigenvalue weighted by Crippen LogP contribution is -2.48. The van der Waals surface area contributed by atoms with Crippen LogP contribution in [0.3, 0.4) is 0 Å². The number of carbonyl (C=O) groups is 1. The van der Waals surface area contributed by atoms with Crippen molar-refractivity contribution in [2.45, 2.75) is 19.4 Å². The van der Waals surface area contributed by atoms with Gasteiger partial charge in [0.05, 0.1) is 24.6 Å². The molecular weight excluding hydrogens is 374 g/mol. The van der Waals surface area contributed by atoms with Crippen LogP contribution in [0.15, 0.2) is 60.7 Å². The van der Waals surface area contributed by atoms with Gasteiger partial charge in [-0.25, -0.2) is 0 Å². The Hall–Kier alpha value is -2.63. The van der Waals surface area contributed by atoms with Crippen LogP contribution in [0.25, 0.3) is 16.6 Å². The number of piperidine rings is 1. The number of amides is 1. The Labute approximate surface area is 177 Å². The number of fused-ring (bicyclic) bond motifs is 1. The van der Waals surface area contributed by atoms with E-state index in [-0.39, 0.29) is 5.92 Å². The van der Waals surface area contributed by atoms with Gasteiger partial charge in [0.25, 0.3) is 0 Å². The largest absolute Gasteiger partial charge is 0.378 e. The summed E-state index contributed by atoms with van der Waals surface area (Å²) in [5.41, 5.74) is 3.70. The first-order valence-electron chi connectivity index (χ1n) is 11.0. The molecule has 1 atom stereocenters. The number of likely N-dealkylation sites (tertiary alicyclic amines) is 1. The summed E-state index contributed by atoms with van der Waals surface area (Å²) in [6, 6.07) is 21.4. The molecule has 1 aromatic heterocycles. The van der Waals surface area contributed by atoms with Gasteiger partial charge in [0, 0.05) is 42.9 Å². The van der Waals surface area contributed by atoms with Crippen molar-refractivity contribution in [3.63, 3.8) is 0 Å². The first-order valence-corrected chi connectivity index (χ1v) is 11.0. The van der Waals surface area contributed by atoms with Crippen LogP contribution in [0.2, 0.25) is 0 Å².